The average Bonchev–Trinajstić information content (AvgIpc) is 3.29. The summed E-state index contributed by atoms with van der Waals surface area (Å²) in [7, 11) is -1.64. The number of halogens is 1. The van der Waals surface area contributed by atoms with Gasteiger partial charge in [0.1, 0.15) is 5.75 Å². The lowest BCUT2D eigenvalue weighted by molar-refractivity contribution is 0.464. The molecule has 8 heteroatoms. The third-order valence-corrected chi connectivity index (χ3v) is 7.09. The number of hydrogen-bond acceptors (Lipinski definition) is 4. The van der Waals surface area contributed by atoms with Crippen molar-refractivity contribution in [2.24, 2.45) is 7.05 Å². The van der Waals surface area contributed by atoms with E-state index < -0.39 is 9.84 Å². The molecule has 0 fully saturated rings. The van der Waals surface area contributed by atoms with E-state index in [0.29, 0.717) is 27.2 Å². The van der Waals surface area contributed by atoms with Gasteiger partial charge in [-0.15, -0.1) is 0 Å². The van der Waals surface area contributed by atoms with Crippen LogP contribution in [-0.4, -0.2) is 27.6 Å². The lowest BCUT2D eigenvalue weighted by Crippen LogP contribution is -2.08. The van der Waals surface area contributed by atoms with Gasteiger partial charge in [-0.25, -0.2) is 13.4 Å². The van der Waals surface area contributed by atoms with Gasteiger partial charge in [-0.1, -0.05) is 18.2 Å². The maximum absolute atomic E-state index is 12.8. The van der Waals surface area contributed by atoms with Crippen LogP contribution in [0.3, 0.4) is 0 Å². The van der Waals surface area contributed by atoms with Crippen LogP contribution in [0.1, 0.15) is 11.3 Å². The van der Waals surface area contributed by atoms with Gasteiger partial charge >= 0.3 is 0 Å². The number of nitrogens with zero attached hydrogens (tertiary/aromatic N) is 3. The summed E-state index contributed by atoms with van der Waals surface area (Å²) in [5, 5.41) is 11.4. The summed E-state index contributed by atoms with van der Waals surface area (Å²) in [6.07, 6.45) is 5.17. The third kappa shape index (κ3) is 3.33. The lowest BCUT2D eigenvalue weighted by Gasteiger charge is -2.10. The third-order valence-electron chi connectivity index (χ3n) is 4.82. The van der Waals surface area contributed by atoms with Crippen molar-refractivity contribution < 1.29 is 13.5 Å². The highest BCUT2D eigenvalue weighted by Crippen LogP contribution is 2.37. The Hall–Kier alpha value is -2.58. The molecule has 4 rings (SSSR count). The van der Waals surface area contributed by atoms with Gasteiger partial charge in [0.2, 0.25) is 0 Å². The van der Waals surface area contributed by atoms with E-state index in [9.17, 15) is 13.5 Å². The largest absolute Gasteiger partial charge is 0.506 e. The first kappa shape index (κ1) is 18.8. The molecular formula is C20H18BrN3O3S. The van der Waals surface area contributed by atoms with E-state index in [1.807, 2.05) is 28.4 Å². The van der Waals surface area contributed by atoms with Gasteiger partial charge in [0.25, 0.3) is 0 Å². The number of rotatable bonds is 5. The molecule has 0 radical (unpaired) electrons. The number of phenols is 1. The summed E-state index contributed by atoms with van der Waals surface area (Å²) in [5.41, 5.74) is 2.21. The van der Waals surface area contributed by atoms with Gasteiger partial charge in [0.15, 0.2) is 9.84 Å². The van der Waals surface area contributed by atoms with Gasteiger partial charge in [-0.2, -0.15) is 0 Å². The summed E-state index contributed by atoms with van der Waals surface area (Å²) in [4.78, 5) is 4.33. The number of fused-ring (bicyclic) bond motifs is 1. The van der Waals surface area contributed by atoms with E-state index in [4.69, 9.17) is 0 Å². The second kappa shape index (κ2) is 7.10. The summed E-state index contributed by atoms with van der Waals surface area (Å²) in [6.45, 7) is 0.427. The van der Waals surface area contributed by atoms with Crippen molar-refractivity contribution >= 4 is 36.7 Å². The van der Waals surface area contributed by atoms with Crippen LogP contribution in [0.4, 0.5) is 0 Å². The number of hydrogen-bond donors (Lipinski definition) is 1. The Morgan fingerprint density at radius 2 is 1.93 bits per heavy atom. The molecule has 0 aliphatic heterocycles. The first-order valence-corrected chi connectivity index (χ1v) is 11.0. The Morgan fingerprint density at radius 3 is 2.61 bits per heavy atom. The highest BCUT2D eigenvalue weighted by molar-refractivity contribution is 9.10. The maximum atomic E-state index is 12.8. The number of aromatic nitrogens is 3. The zero-order valence-corrected chi connectivity index (χ0v) is 17.5. The molecule has 1 N–H and O–H groups in total. The van der Waals surface area contributed by atoms with E-state index in [2.05, 4.69) is 20.9 Å². The van der Waals surface area contributed by atoms with E-state index >= 15 is 0 Å². The first-order chi connectivity index (χ1) is 13.4. The minimum atomic E-state index is -3.48. The van der Waals surface area contributed by atoms with Crippen molar-refractivity contribution in [2.75, 3.05) is 0 Å². The molecule has 0 amide bonds. The highest BCUT2D eigenvalue weighted by atomic mass is 79.9. The van der Waals surface area contributed by atoms with Crippen molar-refractivity contribution in [1.82, 2.24) is 14.1 Å². The zero-order valence-electron chi connectivity index (χ0n) is 15.1. The topological polar surface area (TPSA) is 77.1 Å². The molecule has 0 saturated heterocycles. The molecule has 0 bridgehead atoms. The normalized spacial score (nSPS) is 11.9. The molecule has 6 nitrogen and oxygen atoms in total. The average molecular weight is 460 g/mol. The van der Waals surface area contributed by atoms with Crippen molar-refractivity contribution in [3.63, 3.8) is 0 Å². The molecule has 0 unspecified atom stereocenters. The Bertz CT molecular complexity index is 1250. The second-order valence-corrected chi connectivity index (χ2v) is 9.46. The molecule has 4 aromatic rings. The first-order valence-electron chi connectivity index (χ1n) is 8.59. The predicted octanol–water partition coefficient (Wildman–Crippen LogP) is 3.87. The number of aromatic hydroxyl groups is 1. The van der Waals surface area contributed by atoms with E-state index in [0.717, 1.165) is 10.9 Å². The Morgan fingerprint density at radius 1 is 1.18 bits per heavy atom. The molecule has 0 aliphatic rings. The maximum Gasteiger partial charge on any atom is 0.183 e. The van der Waals surface area contributed by atoms with Crippen LogP contribution in [0.15, 0.2) is 70.6 Å². The predicted molar refractivity (Wildman–Crippen MR) is 111 cm³/mol. The number of imidazole rings is 1. The Kier molecular flexibility index (Phi) is 4.76. The molecule has 28 heavy (non-hydrogen) atoms. The number of benzene rings is 2. The van der Waals surface area contributed by atoms with E-state index in [-0.39, 0.29) is 11.5 Å². The quantitative estimate of drug-likeness (QED) is 0.491. The minimum Gasteiger partial charge on any atom is -0.506 e. The van der Waals surface area contributed by atoms with E-state index in [1.165, 1.54) is 0 Å². The smallest absolute Gasteiger partial charge is 0.183 e. The second-order valence-electron chi connectivity index (χ2n) is 6.62. The zero-order chi connectivity index (χ0) is 19.9. The minimum absolute atomic E-state index is 0.120. The van der Waals surface area contributed by atoms with Crippen molar-refractivity contribution in [1.29, 1.82) is 0 Å². The van der Waals surface area contributed by atoms with Gasteiger partial charge in [0.05, 0.1) is 28.0 Å². The Balaban J connectivity index is 1.82. The van der Waals surface area contributed by atoms with Crippen LogP contribution in [-0.2, 0) is 29.2 Å². The number of aryl methyl sites for hydroxylation is 1. The summed E-state index contributed by atoms with van der Waals surface area (Å²) in [6, 6.07) is 12.1. The molecule has 144 valence electrons. The van der Waals surface area contributed by atoms with Gasteiger partial charge < -0.3 is 14.2 Å². The van der Waals surface area contributed by atoms with E-state index in [1.54, 1.807) is 48.9 Å². The van der Waals surface area contributed by atoms with Crippen molar-refractivity contribution in [2.45, 2.75) is 17.2 Å². The van der Waals surface area contributed by atoms with Crippen molar-refractivity contribution in [3.05, 3.63) is 76.9 Å². The van der Waals surface area contributed by atoms with Gasteiger partial charge in [-0.3, -0.25) is 0 Å². The summed E-state index contributed by atoms with van der Waals surface area (Å²) in [5.74, 6) is 0.0229. The standard InChI is InChI=1S/C20H18BrN3O3S/c1-23-14(12-28(26,27)15-5-3-2-4-6-15)9-16-17(11-24-8-7-22-13-24)20(25)18(21)10-19(16)23/h2-10,13,25H,11-12H2,1H3. The lowest BCUT2D eigenvalue weighted by atomic mass is 10.1. The van der Waals surface area contributed by atoms with Crippen LogP contribution in [0.5, 0.6) is 5.75 Å². The SMILES string of the molecule is Cn1c(CS(=O)(=O)c2ccccc2)cc2c(Cn3ccnc3)c(O)c(Br)cc21. The van der Waals surface area contributed by atoms with Crippen molar-refractivity contribution in [3.8, 4) is 5.75 Å². The van der Waals surface area contributed by atoms with Gasteiger partial charge in [0, 0.05) is 41.6 Å². The molecule has 2 aromatic heterocycles. The van der Waals surface area contributed by atoms with Crippen LogP contribution >= 0.6 is 15.9 Å². The molecular weight excluding hydrogens is 442 g/mol. The molecule has 2 aromatic carbocycles. The highest BCUT2D eigenvalue weighted by Gasteiger charge is 2.21. The van der Waals surface area contributed by atoms with Crippen LogP contribution in [0.25, 0.3) is 10.9 Å². The molecule has 0 saturated carbocycles. The fourth-order valence-electron chi connectivity index (χ4n) is 3.32. The van der Waals surface area contributed by atoms with Crippen LogP contribution < -0.4 is 0 Å². The van der Waals surface area contributed by atoms with Crippen LogP contribution in [0.2, 0.25) is 0 Å². The number of phenolic OH excluding ortho intramolecular Hbond substituents is 1. The van der Waals surface area contributed by atoms with Crippen LogP contribution in [0, 0.1) is 0 Å². The van der Waals surface area contributed by atoms with Gasteiger partial charge in [-0.05, 0) is 40.2 Å². The Labute approximate surface area is 171 Å². The fraction of sp³-hybridized carbons (Fsp3) is 0.150. The summed E-state index contributed by atoms with van der Waals surface area (Å²) >= 11 is 3.41. The molecule has 2 heterocycles. The fourth-order valence-corrected chi connectivity index (χ4v) is 5.18. The molecule has 0 spiro atoms. The molecule has 0 aliphatic carbocycles. The summed E-state index contributed by atoms with van der Waals surface area (Å²) < 4.78 is 29.9. The molecule has 0 atom stereocenters. The monoisotopic (exact) mass is 459 g/mol. The number of sulfone groups is 1.